The first-order valence-corrected chi connectivity index (χ1v) is 9.94. The minimum atomic E-state index is -0.672. The molecule has 0 atom stereocenters. The molecule has 1 aliphatic heterocycles. The van der Waals surface area contributed by atoms with Crippen LogP contribution in [0.3, 0.4) is 0 Å². The summed E-state index contributed by atoms with van der Waals surface area (Å²) in [7, 11) is 4.43. The number of carbonyl (C=O) groups excluding carboxylic acids is 2. The first-order chi connectivity index (χ1) is 15.3. The molecule has 0 spiro atoms. The third-order valence-electron chi connectivity index (χ3n) is 5.36. The lowest BCUT2D eigenvalue weighted by Crippen LogP contribution is -2.46. The Kier molecular flexibility index (Phi) is 6.82. The van der Waals surface area contributed by atoms with Crippen LogP contribution in [0.15, 0.2) is 24.3 Å². The van der Waals surface area contributed by atoms with Gasteiger partial charge < -0.3 is 39.7 Å². The predicted octanol–water partition coefficient (Wildman–Crippen LogP) is 1.86. The molecule has 3 rings (SSSR count). The molecule has 2 amide bonds. The first kappa shape index (κ1) is 22.9. The van der Waals surface area contributed by atoms with Gasteiger partial charge in [0.15, 0.2) is 28.7 Å². The third kappa shape index (κ3) is 4.58. The van der Waals surface area contributed by atoms with Gasteiger partial charge in [0.1, 0.15) is 0 Å². The van der Waals surface area contributed by atoms with Crippen LogP contribution in [0, 0.1) is 0 Å². The number of phenols is 3. The monoisotopic (exact) mass is 446 g/mol. The lowest BCUT2D eigenvalue weighted by molar-refractivity contribution is 0.0697. The fourth-order valence-corrected chi connectivity index (χ4v) is 3.62. The zero-order valence-electron chi connectivity index (χ0n) is 18.0. The van der Waals surface area contributed by atoms with Crippen molar-refractivity contribution >= 4 is 11.8 Å². The van der Waals surface area contributed by atoms with Crippen LogP contribution < -0.4 is 19.5 Å². The fraction of sp³-hybridized carbons (Fsp3) is 0.364. The second kappa shape index (κ2) is 9.54. The maximum atomic E-state index is 12.8. The van der Waals surface area contributed by atoms with Crippen LogP contribution >= 0.6 is 0 Å². The van der Waals surface area contributed by atoms with E-state index >= 15 is 0 Å². The molecule has 0 bridgehead atoms. The van der Waals surface area contributed by atoms with Crippen molar-refractivity contribution in [1.29, 1.82) is 0 Å². The Morgan fingerprint density at radius 3 is 1.88 bits per heavy atom. The van der Waals surface area contributed by atoms with Crippen LogP contribution in [0.4, 0.5) is 0 Å². The van der Waals surface area contributed by atoms with E-state index < -0.39 is 17.2 Å². The van der Waals surface area contributed by atoms with Crippen LogP contribution in [0.1, 0.15) is 33.6 Å². The number of methoxy groups -OCH3 is 3. The molecule has 32 heavy (non-hydrogen) atoms. The summed E-state index contributed by atoms with van der Waals surface area (Å²) in [5.41, 5.74) is 0.422. The van der Waals surface area contributed by atoms with Crippen LogP contribution in [0.2, 0.25) is 0 Å². The minimum absolute atomic E-state index is 0.0673. The van der Waals surface area contributed by atoms with Gasteiger partial charge in [0.2, 0.25) is 5.75 Å². The second-order valence-electron chi connectivity index (χ2n) is 7.32. The highest BCUT2D eigenvalue weighted by Crippen LogP contribution is 2.38. The van der Waals surface area contributed by atoms with Gasteiger partial charge in [0.25, 0.3) is 11.8 Å². The van der Waals surface area contributed by atoms with E-state index in [1.807, 2.05) is 0 Å². The van der Waals surface area contributed by atoms with E-state index in [0.29, 0.717) is 48.7 Å². The van der Waals surface area contributed by atoms with Gasteiger partial charge in [-0.2, -0.15) is 0 Å². The Hall–Kier alpha value is -3.82. The second-order valence-corrected chi connectivity index (χ2v) is 7.32. The lowest BCUT2D eigenvalue weighted by atomic mass is 10.0. The Balaban J connectivity index is 1.64. The van der Waals surface area contributed by atoms with E-state index in [0.717, 1.165) is 12.1 Å². The van der Waals surface area contributed by atoms with Crippen molar-refractivity contribution in [2.75, 3.05) is 34.4 Å². The predicted molar refractivity (Wildman–Crippen MR) is 114 cm³/mol. The molecule has 1 aliphatic rings. The Labute approximate surface area is 184 Å². The third-order valence-corrected chi connectivity index (χ3v) is 5.36. The van der Waals surface area contributed by atoms with E-state index in [-0.39, 0.29) is 23.4 Å². The maximum Gasteiger partial charge on any atom is 0.254 e. The van der Waals surface area contributed by atoms with Gasteiger partial charge >= 0.3 is 0 Å². The van der Waals surface area contributed by atoms with Crippen molar-refractivity contribution in [3.05, 3.63) is 35.4 Å². The largest absolute Gasteiger partial charge is 0.504 e. The van der Waals surface area contributed by atoms with Gasteiger partial charge in [-0.25, -0.2) is 0 Å². The standard InChI is InChI=1S/C22H26N2O8/c1-30-17-10-12(11-18(31-2)20(17)32-3)21(28)23-14-4-6-24(7-5-14)22(29)13-8-15(25)19(27)16(26)9-13/h8-11,14,25-27H,4-7H2,1-3H3,(H,23,28). The number of likely N-dealkylation sites (tertiary alicyclic amines) is 1. The SMILES string of the molecule is COc1cc(C(=O)NC2CCN(C(=O)c3cc(O)c(O)c(O)c3)CC2)cc(OC)c1OC. The van der Waals surface area contributed by atoms with Gasteiger partial charge in [-0.05, 0) is 37.1 Å². The molecule has 0 unspecified atom stereocenters. The molecule has 0 saturated carbocycles. The number of amides is 2. The summed E-state index contributed by atoms with van der Waals surface area (Å²) in [5, 5.41) is 31.7. The minimum Gasteiger partial charge on any atom is -0.504 e. The topological polar surface area (TPSA) is 138 Å². The molecule has 0 aromatic heterocycles. The van der Waals surface area contributed by atoms with E-state index in [1.165, 1.54) is 21.3 Å². The lowest BCUT2D eigenvalue weighted by Gasteiger charge is -2.32. The molecular formula is C22H26N2O8. The molecule has 1 heterocycles. The summed E-state index contributed by atoms with van der Waals surface area (Å²) < 4.78 is 15.8. The summed E-state index contributed by atoms with van der Waals surface area (Å²) >= 11 is 0. The molecule has 10 heteroatoms. The average molecular weight is 446 g/mol. The molecule has 2 aromatic rings. The summed E-state index contributed by atoms with van der Waals surface area (Å²) in [6, 6.07) is 5.20. The van der Waals surface area contributed by atoms with Gasteiger partial charge in [-0.3, -0.25) is 9.59 Å². The highest BCUT2D eigenvalue weighted by Gasteiger charge is 2.27. The van der Waals surface area contributed by atoms with Crippen molar-refractivity contribution in [2.45, 2.75) is 18.9 Å². The molecule has 1 saturated heterocycles. The van der Waals surface area contributed by atoms with Crippen molar-refractivity contribution in [2.24, 2.45) is 0 Å². The number of piperidine rings is 1. The summed E-state index contributed by atoms with van der Waals surface area (Å²) in [6.45, 7) is 0.753. The number of rotatable bonds is 6. The maximum absolute atomic E-state index is 12.8. The van der Waals surface area contributed by atoms with Crippen LogP contribution in [0.25, 0.3) is 0 Å². The average Bonchev–Trinajstić information content (AvgIpc) is 2.81. The Morgan fingerprint density at radius 2 is 1.41 bits per heavy atom. The number of nitrogens with one attached hydrogen (secondary N) is 1. The van der Waals surface area contributed by atoms with E-state index in [4.69, 9.17) is 14.2 Å². The number of carbonyl (C=O) groups is 2. The number of nitrogens with zero attached hydrogens (tertiary/aromatic N) is 1. The number of benzene rings is 2. The number of ether oxygens (including phenoxy) is 3. The zero-order valence-corrected chi connectivity index (χ0v) is 18.0. The van der Waals surface area contributed by atoms with E-state index in [9.17, 15) is 24.9 Å². The van der Waals surface area contributed by atoms with Crippen LogP contribution in [-0.4, -0.2) is 72.5 Å². The van der Waals surface area contributed by atoms with Crippen molar-refractivity contribution in [1.82, 2.24) is 10.2 Å². The summed E-state index contributed by atoms with van der Waals surface area (Å²) in [4.78, 5) is 27.0. The van der Waals surface area contributed by atoms with Gasteiger partial charge in [-0.1, -0.05) is 0 Å². The zero-order chi connectivity index (χ0) is 23.4. The molecule has 0 aliphatic carbocycles. The number of phenolic OH excluding ortho intramolecular Hbond substituents is 3. The highest BCUT2D eigenvalue weighted by molar-refractivity contribution is 5.96. The van der Waals surface area contributed by atoms with Crippen LogP contribution in [0.5, 0.6) is 34.5 Å². The molecule has 1 fully saturated rings. The smallest absolute Gasteiger partial charge is 0.254 e. The molecule has 0 radical (unpaired) electrons. The van der Waals surface area contributed by atoms with Gasteiger partial charge in [0, 0.05) is 30.3 Å². The number of hydrogen-bond acceptors (Lipinski definition) is 8. The van der Waals surface area contributed by atoms with Crippen molar-refractivity contribution < 1.29 is 39.1 Å². The molecule has 172 valence electrons. The molecule has 2 aromatic carbocycles. The normalized spacial score (nSPS) is 14.0. The highest BCUT2D eigenvalue weighted by atomic mass is 16.5. The quantitative estimate of drug-likeness (QED) is 0.494. The first-order valence-electron chi connectivity index (χ1n) is 9.94. The van der Waals surface area contributed by atoms with Crippen molar-refractivity contribution in [3.63, 3.8) is 0 Å². The van der Waals surface area contributed by atoms with Gasteiger partial charge in [0.05, 0.1) is 21.3 Å². The van der Waals surface area contributed by atoms with Gasteiger partial charge in [-0.15, -0.1) is 0 Å². The Bertz CT molecular complexity index is 967. The number of aromatic hydroxyl groups is 3. The van der Waals surface area contributed by atoms with Crippen molar-refractivity contribution in [3.8, 4) is 34.5 Å². The van der Waals surface area contributed by atoms with E-state index in [2.05, 4.69) is 5.32 Å². The fourth-order valence-electron chi connectivity index (χ4n) is 3.62. The summed E-state index contributed by atoms with van der Waals surface area (Å²) in [5.74, 6) is -1.36. The Morgan fingerprint density at radius 1 is 0.875 bits per heavy atom. The summed E-state index contributed by atoms with van der Waals surface area (Å²) in [6.07, 6.45) is 1.05. The molecule has 10 nitrogen and oxygen atoms in total. The number of hydrogen-bond donors (Lipinski definition) is 4. The molecular weight excluding hydrogens is 420 g/mol. The van der Waals surface area contributed by atoms with E-state index in [1.54, 1.807) is 17.0 Å². The molecule has 4 N–H and O–H groups in total. The van der Waals surface area contributed by atoms with Crippen LogP contribution in [-0.2, 0) is 0 Å².